The van der Waals surface area contributed by atoms with Crippen LogP contribution in [0.25, 0.3) is 0 Å². The molecular formula is C18H19NO4. The lowest BCUT2D eigenvalue weighted by atomic mass is 10.2. The van der Waals surface area contributed by atoms with Gasteiger partial charge in [-0.1, -0.05) is 30.3 Å². The van der Waals surface area contributed by atoms with Gasteiger partial charge in [-0.2, -0.15) is 0 Å². The Morgan fingerprint density at radius 3 is 2.39 bits per heavy atom. The van der Waals surface area contributed by atoms with Gasteiger partial charge in [0.05, 0.1) is 0 Å². The molecule has 0 unspecified atom stereocenters. The lowest BCUT2D eigenvalue weighted by molar-refractivity contribution is -0.128. The summed E-state index contributed by atoms with van der Waals surface area (Å²) in [6, 6.07) is 15.9. The molecule has 23 heavy (non-hydrogen) atoms. The van der Waals surface area contributed by atoms with Crippen molar-refractivity contribution in [3.05, 3.63) is 60.2 Å². The van der Waals surface area contributed by atoms with Crippen molar-refractivity contribution in [1.29, 1.82) is 0 Å². The van der Waals surface area contributed by atoms with Crippen molar-refractivity contribution in [3.8, 4) is 11.5 Å². The van der Waals surface area contributed by atoms with Gasteiger partial charge in [0.15, 0.2) is 6.10 Å². The summed E-state index contributed by atoms with van der Waals surface area (Å²) in [5.41, 5.74) is 0.271. The predicted octanol–water partition coefficient (Wildman–Crippen LogP) is 3.16. The molecule has 0 aliphatic rings. The molecular weight excluding hydrogens is 294 g/mol. The molecule has 5 nitrogen and oxygen atoms in total. The first-order valence-electron chi connectivity index (χ1n) is 7.42. The second-order valence-electron chi connectivity index (χ2n) is 4.85. The smallest absolute Gasteiger partial charge is 0.342 e. The van der Waals surface area contributed by atoms with Crippen molar-refractivity contribution >= 4 is 11.9 Å². The first kappa shape index (κ1) is 16.5. The van der Waals surface area contributed by atoms with Gasteiger partial charge in [0, 0.05) is 6.54 Å². The quantitative estimate of drug-likeness (QED) is 0.832. The molecule has 0 aliphatic carbocycles. The molecule has 0 spiro atoms. The van der Waals surface area contributed by atoms with Gasteiger partial charge in [-0.3, -0.25) is 4.79 Å². The number of amides is 1. The lowest BCUT2D eigenvalue weighted by Gasteiger charge is -2.14. The summed E-state index contributed by atoms with van der Waals surface area (Å²) < 4.78 is 10.9. The molecule has 0 saturated heterocycles. The lowest BCUT2D eigenvalue weighted by Crippen LogP contribution is -2.35. The van der Waals surface area contributed by atoms with Crippen LogP contribution in [0.1, 0.15) is 24.2 Å². The summed E-state index contributed by atoms with van der Waals surface area (Å²) in [4.78, 5) is 24.0. The van der Waals surface area contributed by atoms with Crippen LogP contribution in [0.2, 0.25) is 0 Å². The minimum Gasteiger partial charge on any atom is -0.456 e. The van der Waals surface area contributed by atoms with E-state index < -0.39 is 12.1 Å². The Morgan fingerprint density at radius 2 is 1.70 bits per heavy atom. The third-order valence-electron chi connectivity index (χ3n) is 3.08. The molecule has 2 aromatic rings. The van der Waals surface area contributed by atoms with E-state index in [0.717, 1.165) is 0 Å². The molecule has 0 aliphatic heterocycles. The van der Waals surface area contributed by atoms with Crippen LogP contribution >= 0.6 is 0 Å². The number of likely N-dealkylation sites (N-methyl/N-ethyl adjacent to an activating group) is 1. The van der Waals surface area contributed by atoms with E-state index >= 15 is 0 Å². The number of nitrogens with one attached hydrogen (secondary N) is 1. The van der Waals surface area contributed by atoms with Crippen molar-refractivity contribution in [2.75, 3.05) is 6.54 Å². The standard InChI is InChI=1S/C18H19NO4/c1-3-19-17(20)13(2)22-18(21)15-11-7-8-12-16(15)23-14-9-5-4-6-10-14/h4-13H,3H2,1-2H3,(H,19,20)/t13-/m1/s1. The Kier molecular flexibility index (Phi) is 5.74. The third kappa shape index (κ3) is 4.57. The van der Waals surface area contributed by atoms with Crippen LogP contribution in [-0.4, -0.2) is 24.5 Å². The van der Waals surface area contributed by atoms with Gasteiger partial charge in [0.1, 0.15) is 17.1 Å². The largest absolute Gasteiger partial charge is 0.456 e. The van der Waals surface area contributed by atoms with Crippen LogP contribution in [0.4, 0.5) is 0 Å². The minimum absolute atomic E-state index is 0.271. The number of carbonyl (C=O) groups is 2. The molecule has 0 heterocycles. The van der Waals surface area contributed by atoms with Gasteiger partial charge in [-0.25, -0.2) is 4.79 Å². The van der Waals surface area contributed by atoms with E-state index in [2.05, 4.69) is 5.32 Å². The number of benzene rings is 2. The average molecular weight is 313 g/mol. The zero-order valence-corrected chi connectivity index (χ0v) is 13.1. The van der Waals surface area contributed by atoms with Crippen LogP contribution in [-0.2, 0) is 9.53 Å². The summed E-state index contributed by atoms with van der Waals surface area (Å²) in [5, 5.41) is 2.61. The highest BCUT2D eigenvalue weighted by molar-refractivity contribution is 5.94. The molecule has 1 amide bonds. The molecule has 1 N–H and O–H groups in total. The molecule has 2 rings (SSSR count). The Hall–Kier alpha value is -2.82. The van der Waals surface area contributed by atoms with Crippen LogP contribution in [0, 0.1) is 0 Å². The normalized spacial score (nSPS) is 11.4. The van der Waals surface area contributed by atoms with Crippen molar-refractivity contribution in [1.82, 2.24) is 5.32 Å². The average Bonchev–Trinajstić information content (AvgIpc) is 2.56. The topological polar surface area (TPSA) is 64.6 Å². The first-order chi connectivity index (χ1) is 11.1. The summed E-state index contributed by atoms with van der Waals surface area (Å²) in [5.74, 6) is 0.0638. The van der Waals surface area contributed by atoms with Gasteiger partial charge in [-0.05, 0) is 38.1 Å². The number of ether oxygens (including phenoxy) is 2. The number of esters is 1. The molecule has 0 aromatic heterocycles. The van der Waals surface area contributed by atoms with Crippen LogP contribution in [0.15, 0.2) is 54.6 Å². The van der Waals surface area contributed by atoms with E-state index in [0.29, 0.717) is 18.0 Å². The third-order valence-corrected chi connectivity index (χ3v) is 3.08. The maximum absolute atomic E-state index is 12.3. The monoisotopic (exact) mass is 313 g/mol. The van der Waals surface area contributed by atoms with Gasteiger partial charge in [0.25, 0.3) is 5.91 Å². The molecule has 5 heteroatoms. The van der Waals surface area contributed by atoms with Crippen molar-refractivity contribution in [2.45, 2.75) is 20.0 Å². The highest BCUT2D eigenvalue weighted by Crippen LogP contribution is 2.25. The SMILES string of the molecule is CCNC(=O)[C@@H](C)OC(=O)c1ccccc1Oc1ccccc1. The van der Waals surface area contributed by atoms with E-state index in [9.17, 15) is 9.59 Å². The van der Waals surface area contributed by atoms with E-state index in [-0.39, 0.29) is 11.5 Å². The van der Waals surface area contributed by atoms with Crippen molar-refractivity contribution in [3.63, 3.8) is 0 Å². The number of hydrogen-bond donors (Lipinski definition) is 1. The molecule has 0 bridgehead atoms. The van der Waals surface area contributed by atoms with E-state index in [1.54, 1.807) is 43.3 Å². The van der Waals surface area contributed by atoms with Gasteiger partial charge in [0.2, 0.25) is 0 Å². The first-order valence-corrected chi connectivity index (χ1v) is 7.42. The fourth-order valence-corrected chi connectivity index (χ4v) is 1.94. The van der Waals surface area contributed by atoms with Crippen LogP contribution in [0.3, 0.4) is 0 Å². The predicted molar refractivity (Wildman–Crippen MR) is 86.5 cm³/mol. The number of hydrogen-bond acceptors (Lipinski definition) is 4. The molecule has 0 saturated carbocycles. The Labute approximate surface area is 135 Å². The summed E-state index contributed by atoms with van der Waals surface area (Å²) in [6.07, 6.45) is -0.868. The summed E-state index contributed by atoms with van der Waals surface area (Å²) >= 11 is 0. The van der Waals surface area contributed by atoms with Gasteiger partial charge in [-0.15, -0.1) is 0 Å². The maximum atomic E-state index is 12.3. The molecule has 0 fully saturated rings. The van der Waals surface area contributed by atoms with E-state index in [1.165, 1.54) is 6.92 Å². The number of rotatable bonds is 6. The number of para-hydroxylation sites is 2. The maximum Gasteiger partial charge on any atom is 0.342 e. The molecule has 2 aromatic carbocycles. The van der Waals surface area contributed by atoms with Gasteiger partial charge < -0.3 is 14.8 Å². The summed E-state index contributed by atoms with van der Waals surface area (Å²) in [6.45, 7) is 3.81. The summed E-state index contributed by atoms with van der Waals surface area (Å²) in [7, 11) is 0. The van der Waals surface area contributed by atoms with E-state index in [1.807, 2.05) is 18.2 Å². The molecule has 1 atom stereocenters. The highest BCUT2D eigenvalue weighted by Gasteiger charge is 2.21. The second-order valence-corrected chi connectivity index (χ2v) is 4.85. The van der Waals surface area contributed by atoms with Crippen LogP contribution < -0.4 is 10.1 Å². The molecule has 0 radical (unpaired) electrons. The van der Waals surface area contributed by atoms with Crippen molar-refractivity contribution in [2.24, 2.45) is 0 Å². The van der Waals surface area contributed by atoms with E-state index in [4.69, 9.17) is 9.47 Å². The highest BCUT2D eigenvalue weighted by atomic mass is 16.5. The minimum atomic E-state index is -0.868. The Balaban J connectivity index is 2.13. The number of carbonyl (C=O) groups excluding carboxylic acids is 2. The zero-order chi connectivity index (χ0) is 16.7. The van der Waals surface area contributed by atoms with Crippen molar-refractivity contribution < 1.29 is 19.1 Å². The molecule has 120 valence electrons. The Bertz CT molecular complexity index is 670. The fraction of sp³-hybridized carbons (Fsp3) is 0.222. The second kappa shape index (κ2) is 7.98. The Morgan fingerprint density at radius 1 is 1.04 bits per heavy atom. The fourth-order valence-electron chi connectivity index (χ4n) is 1.94. The van der Waals surface area contributed by atoms with Gasteiger partial charge >= 0.3 is 5.97 Å². The van der Waals surface area contributed by atoms with Crippen LogP contribution in [0.5, 0.6) is 11.5 Å². The zero-order valence-electron chi connectivity index (χ0n) is 13.1.